The van der Waals surface area contributed by atoms with Crippen LogP contribution in [0.4, 0.5) is 8.78 Å². The highest BCUT2D eigenvalue weighted by Crippen LogP contribution is 2.08. The van der Waals surface area contributed by atoms with E-state index in [-0.39, 0.29) is 0 Å². The van der Waals surface area contributed by atoms with Crippen LogP contribution >= 0.6 is 0 Å². The Hall–Kier alpha value is -0.960. The third-order valence-corrected chi connectivity index (χ3v) is 3.10. The van der Waals surface area contributed by atoms with Gasteiger partial charge in [-0.25, -0.2) is 8.78 Å². The van der Waals surface area contributed by atoms with Crippen LogP contribution in [0.1, 0.15) is 32.3 Å². The van der Waals surface area contributed by atoms with Crippen LogP contribution in [0.3, 0.4) is 0 Å². The maximum atomic E-state index is 12.9. The van der Waals surface area contributed by atoms with Gasteiger partial charge in [-0.2, -0.15) is 0 Å². The van der Waals surface area contributed by atoms with E-state index in [2.05, 4.69) is 19.2 Å². The summed E-state index contributed by atoms with van der Waals surface area (Å²) in [5.74, 6) is -0.306. The van der Waals surface area contributed by atoms with Gasteiger partial charge in [-0.05, 0) is 43.1 Å². The maximum Gasteiger partial charge on any atom is 0.126 e. The quantitative estimate of drug-likeness (QED) is 0.720. The molecule has 0 aliphatic rings. The van der Waals surface area contributed by atoms with Crippen LogP contribution in [0.2, 0.25) is 0 Å². The Kier molecular flexibility index (Phi) is 6.12. The van der Waals surface area contributed by atoms with Gasteiger partial charge in [-0.1, -0.05) is 26.7 Å². The van der Waals surface area contributed by atoms with Gasteiger partial charge in [0.1, 0.15) is 11.6 Å². The average Bonchev–Trinajstić information content (AvgIpc) is 2.28. The van der Waals surface area contributed by atoms with Gasteiger partial charge in [0.05, 0.1) is 0 Å². The zero-order chi connectivity index (χ0) is 12.7. The normalized spacial score (nSPS) is 11.1. The molecule has 96 valence electrons. The first kappa shape index (κ1) is 14.1. The van der Waals surface area contributed by atoms with E-state index in [1.54, 1.807) is 0 Å². The average molecular weight is 241 g/mol. The molecule has 0 fully saturated rings. The van der Waals surface area contributed by atoms with Crippen molar-refractivity contribution < 1.29 is 8.78 Å². The van der Waals surface area contributed by atoms with Crippen LogP contribution in [0.25, 0.3) is 0 Å². The number of halogens is 2. The molecular formula is C14H21F2N. The zero-order valence-corrected chi connectivity index (χ0v) is 10.6. The predicted molar refractivity (Wildman–Crippen MR) is 67.0 cm³/mol. The molecule has 0 spiro atoms. The Bertz CT molecular complexity index is 315. The first-order valence-electron chi connectivity index (χ1n) is 6.31. The first-order valence-corrected chi connectivity index (χ1v) is 6.31. The first-order chi connectivity index (χ1) is 8.15. The summed E-state index contributed by atoms with van der Waals surface area (Å²) >= 11 is 0. The largest absolute Gasteiger partial charge is 0.316 e. The van der Waals surface area contributed by atoms with E-state index in [0.29, 0.717) is 17.9 Å². The van der Waals surface area contributed by atoms with E-state index in [0.717, 1.165) is 32.0 Å². The highest BCUT2D eigenvalue weighted by atomic mass is 19.1. The van der Waals surface area contributed by atoms with Crippen molar-refractivity contribution in [2.24, 2.45) is 5.92 Å². The van der Waals surface area contributed by atoms with Crippen molar-refractivity contribution in [3.8, 4) is 0 Å². The van der Waals surface area contributed by atoms with E-state index in [1.807, 2.05) is 0 Å². The Morgan fingerprint density at radius 2 is 1.65 bits per heavy atom. The van der Waals surface area contributed by atoms with Gasteiger partial charge in [-0.15, -0.1) is 0 Å². The lowest BCUT2D eigenvalue weighted by molar-refractivity contribution is 0.451. The Morgan fingerprint density at radius 3 is 2.18 bits per heavy atom. The minimum atomic E-state index is -0.500. The second-order valence-electron chi connectivity index (χ2n) is 4.41. The van der Waals surface area contributed by atoms with E-state index in [4.69, 9.17) is 0 Å². The van der Waals surface area contributed by atoms with Gasteiger partial charge in [0, 0.05) is 6.07 Å². The molecule has 1 rings (SSSR count). The van der Waals surface area contributed by atoms with E-state index in [9.17, 15) is 8.78 Å². The SMILES string of the molecule is CCC(CC)CNCCc1cc(F)cc(F)c1. The Balaban J connectivity index is 2.31. The summed E-state index contributed by atoms with van der Waals surface area (Å²) in [5, 5.41) is 3.33. The van der Waals surface area contributed by atoms with Gasteiger partial charge in [0.2, 0.25) is 0 Å². The molecule has 0 radical (unpaired) electrons. The number of benzene rings is 1. The molecule has 1 aromatic rings. The van der Waals surface area contributed by atoms with Crippen LogP contribution in [-0.2, 0) is 6.42 Å². The summed E-state index contributed by atoms with van der Waals surface area (Å²) in [6.07, 6.45) is 2.99. The lowest BCUT2D eigenvalue weighted by Gasteiger charge is -2.13. The summed E-state index contributed by atoms with van der Waals surface area (Å²) in [5.41, 5.74) is 0.708. The molecule has 0 atom stereocenters. The van der Waals surface area contributed by atoms with E-state index < -0.39 is 11.6 Å². The third kappa shape index (κ3) is 5.26. The van der Waals surface area contributed by atoms with Crippen LogP contribution in [0, 0.1) is 17.6 Å². The van der Waals surface area contributed by atoms with Gasteiger partial charge >= 0.3 is 0 Å². The molecule has 3 heteroatoms. The fourth-order valence-electron chi connectivity index (χ4n) is 1.87. The monoisotopic (exact) mass is 241 g/mol. The standard InChI is InChI=1S/C14H21F2N/c1-3-11(4-2)10-17-6-5-12-7-13(15)9-14(16)8-12/h7-9,11,17H,3-6,10H2,1-2H3. The summed E-state index contributed by atoms with van der Waals surface area (Å²) in [7, 11) is 0. The van der Waals surface area contributed by atoms with Crippen molar-refractivity contribution in [1.82, 2.24) is 5.32 Å². The summed E-state index contributed by atoms with van der Waals surface area (Å²) in [6.45, 7) is 6.10. The van der Waals surface area contributed by atoms with Crippen LogP contribution < -0.4 is 5.32 Å². The van der Waals surface area contributed by atoms with Crippen molar-refractivity contribution in [1.29, 1.82) is 0 Å². The fourth-order valence-corrected chi connectivity index (χ4v) is 1.87. The zero-order valence-electron chi connectivity index (χ0n) is 10.6. The predicted octanol–water partition coefficient (Wildman–Crippen LogP) is 3.53. The molecule has 17 heavy (non-hydrogen) atoms. The molecular weight excluding hydrogens is 220 g/mol. The highest BCUT2D eigenvalue weighted by molar-refractivity contribution is 5.18. The number of rotatable bonds is 7. The molecule has 0 saturated carbocycles. The second kappa shape index (κ2) is 7.38. The van der Waals surface area contributed by atoms with E-state index in [1.165, 1.54) is 12.1 Å². The fraction of sp³-hybridized carbons (Fsp3) is 0.571. The van der Waals surface area contributed by atoms with E-state index >= 15 is 0 Å². The van der Waals surface area contributed by atoms with Crippen LogP contribution in [0.5, 0.6) is 0 Å². The molecule has 1 N–H and O–H groups in total. The highest BCUT2D eigenvalue weighted by Gasteiger charge is 2.03. The molecule has 0 bridgehead atoms. The van der Waals surface area contributed by atoms with Crippen molar-refractivity contribution in [2.45, 2.75) is 33.1 Å². The minimum Gasteiger partial charge on any atom is -0.316 e. The summed E-state index contributed by atoms with van der Waals surface area (Å²) in [6, 6.07) is 3.69. The molecule has 0 unspecified atom stereocenters. The van der Waals surface area contributed by atoms with Crippen LogP contribution in [0.15, 0.2) is 18.2 Å². The molecule has 0 aliphatic carbocycles. The smallest absolute Gasteiger partial charge is 0.126 e. The second-order valence-corrected chi connectivity index (χ2v) is 4.41. The Morgan fingerprint density at radius 1 is 1.06 bits per heavy atom. The summed E-state index contributed by atoms with van der Waals surface area (Å²) < 4.78 is 25.8. The minimum absolute atomic E-state index is 0.500. The number of hydrogen-bond donors (Lipinski definition) is 1. The lowest BCUT2D eigenvalue weighted by atomic mass is 10.0. The van der Waals surface area contributed by atoms with Gasteiger partial charge < -0.3 is 5.32 Å². The van der Waals surface area contributed by atoms with Crippen molar-refractivity contribution in [3.63, 3.8) is 0 Å². The van der Waals surface area contributed by atoms with Gasteiger partial charge in [0.15, 0.2) is 0 Å². The Labute approximate surface area is 102 Å². The van der Waals surface area contributed by atoms with Crippen molar-refractivity contribution in [2.75, 3.05) is 13.1 Å². The van der Waals surface area contributed by atoms with Gasteiger partial charge in [0.25, 0.3) is 0 Å². The topological polar surface area (TPSA) is 12.0 Å². The molecule has 0 amide bonds. The number of nitrogens with one attached hydrogen (secondary N) is 1. The molecule has 0 aliphatic heterocycles. The molecule has 0 saturated heterocycles. The lowest BCUT2D eigenvalue weighted by Crippen LogP contribution is -2.24. The summed E-state index contributed by atoms with van der Waals surface area (Å²) in [4.78, 5) is 0. The number of hydrogen-bond acceptors (Lipinski definition) is 1. The maximum absolute atomic E-state index is 12.9. The molecule has 1 nitrogen and oxygen atoms in total. The van der Waals surface area contributed by atoms with Crippen molar-refractivity contribution >= 4 is 0 Å². The third-order valence-electron chi connectivity index (χ3n) is 3.10. The van der Waals surface area contributed by atoms with Gasteiger partial charge in [-0.3, -0.25) is 0 Å². The molecule has 0 aromatic heterocycles. The molecule has 1 aromatic carbocycles. The van der Waals surface area contributed by atoms with Crippen molar-refractivity contribution in [3.05, 3.63) is 35.4 Å². The molecule has 0 heterocycles. The van der Waals surface area contributed by atoms with Crippen LogP contribution in [-0.4, -0.2) is 13.1 Å².